The Morgan fingerprint density at radius 2 is 2.38 bits per heavy atom. The summed E-state index contributed by atoms with van der Waals surface area (Å²) in [5.41, 5.74) is 11.1. The second kappa shape index (κ2) is 4.77. The lowest BCUT2D eigenvalue weighted by atomic mass is 9.90. The molecule has 3 nitrogen and oxygen atoms in total. The number of alkyl halides is 1. The van der Waals surface area contributed by atoms with Gasteiger partial charge in [0.25, 0.3) is 0 Å². The van der Waals surface area contributed by atoms with Gasteiger partial charge in [-0.2, -0.15) is 0 Å². The molecule has 3 atom stereocenters. The number of rotatable bonds is 3. The van der Waals surface area contributed by atoms with E-state index in [4.69, 9.17) is 17.1 Å². The fourth-order valence-corrected chi connectivity index (χ4v) is 2.52. The number of allylic oxidation sites excluding steroid dienone is 6. The number of hydrogen-bond donors (Lipinski definition) is 0. The van der Waals surface area contributed by atoms with Crippen LogP contribution in [-0.4, -0.2) is 11.4 Å². The zero-order valence-electron chi connectivity index (χ0n) is 9.18. The van der Waals surface area contributed by atoms with Crippen molar-refractivity contribution in [3.8, 4) is 0 Å². The highest BCUT2D eigenvalue weighted by Crippen LogP contribution is 2.36. The maximum atomic E-state index is 8.37. The molecule has 0 saturated heterocycles. The third-order valence-electron chi connectivity index (χ3n) is 3.04. The van der Waals surface area contributed by atoms with Crippen molar-refractivity contribution in [3.63, 3.8) is 0 Å². The van der Waals surface area contributed by atoms with Crippen LogP contribution in [0.2, 0.25) is 0 Å². The normalized spacial score (nSPS) is 28.9. The molecule has 4 heteroatoms. The Labute approximate surface area is 100 Å². The third kappa shape index (κ3) is 2.31. The summed E-state index contributed by atoms with van der Waals surface area (Å²) < 4.78 is 0. The Balaban J connectivity index is 2.07. The van der Waals surface area contributed by atoms with E-state index in [1.54, 1.807) is 0 Å². The largest absolute Gasteiger partial charge is 0.118 e. The van der Waals surface area contributed by atoms with E-state index in [1.807, 2.05) is 13.0 Å². The van der Waals surface area contributed by atoms with Crippen LogP contribution in [0.3, 0.4) is 0 Å². The van der Waals surface area contributed by atoms with Gasteiger partial charge in [-0.15, -0.1) is 11.6 Å². The van der Waals surface area contributed by atoms with Gasteiger partial charge in [0.05, 0.1) is 5.38 Å². The van der Waals surface area contributed by atoms with Crippen LogP contribution in [0.25, 0.3) is 10.4 Å². The van der Waals surface area contributed by atoms with Crippen LogP contribution >= 0.6 is 11.6 Å². The van der Waals surface area contributed by atoms with Crippen LogP contribution in [0.5, 0.6) is 0 Å². The van der Waals surface area contributed by atoms with Gasteiger partial charge in [0, 0.05) is 16.9 Å². The summed E-state index contributed by atoms with van der Waals surface area (Å²) in [5.74, 6) is 0.385. The van der Waals surface area contributed by atoms with Crippen molar-refractivity contribution in [2.45, 2.75) is 31.2 Å². The first-order chi connectivity index (χ1) is 7.70. The van der Waals surface area contributed by atoms with Gasteiger partial charge in [0.15, 0.2) is 0 Å². The quantitative estimate of drug-likeness (QED) is 0.306. The molecule has 0 aromatic rings. The number of halogens is 1. The SMILES string of the molecule is CC(CC1C=CC2=C1C=CC(Cl)C2)N=[N+]=[N-]. The van der Waals surface area contributed by atoms with Crippen molar-refractivity contribution < 1.29 is 0 Å². The molecule has 0 aromatic heterocycles. The van der Waals surface area contributed by atoms with Gasteiger partial charge in [0.2, 0.25) is 0 Å². The molecule has 0 aliphatic heterocycles. The molecule has 0 aromatic carbocycles. The van der Waals surface area contributed by atoms with Gasteiger partial charge < -0.3 is 0 Å². The highest BCUT2D eigenvalue weighted by atomic mass is 35.5. The number of nitrogens with zero attached hydrogens (tertiary/aromatic N) is 3. The molecule has 0 amide bonds. The van der Waals surface area contributed by atoms with Crippen LogP contribution in [-0.2, 0) is 0 Å². The van der Waals surface area contributed by atoms with E-state index in [0.29, 0.717) is 5.92 Å². The van der Waals surface area contributed by atoms with Crippen molar-refractivity contribution in [2.24, 2.45) is 11.0 Å². The molecule has 0 heterocycles. The minimum absolute atomic E-state index is 0.0358. The van der Waals surface area contributed by atoms with E-state index < -0.39 is 0 Å². The van der Waals surface area contributed by atoms with Gasteiger partial charge in [-0.1, -0.05) is 36.3 Å². The van der Waals surface area contributed by atoms with Crippen molar-refractivity contribution in [1.82, 2.24) is 0 Å². The Hall–Kier alpha value is -1.18. The molecule has 0 N–H and O–H groups in total. The summed E-state index contributed by atoms with van der Waals surface area (Å²) in [6, 6.07) is 0.0358. The highest BCUT2D eigenvalue weighted by molar-refractivity contribution is 6.22. The zero-order valence-corrected chi connectivity index (χ0v) is 9.93. The van der Waals surface area contributed by atoms with Crippen LogP contribution in [0.15, 0.2) is 40.6 Å². The first-order valence-electron chi connectivity index (χ1n) is 5.48. The van der Waals surface area contributed by atoms with Gasteiger partial charge in [-0.25, -0.2) is 0 Å². The highest BCUT2D eigenvalue weighted by Gasteiger charge is 2.23. The molecule has 0 saturated carbocycles. The summed E-state index contributed by atoms with van der Waals surface area (Å²) in [6.07, 6.45) is 10.3. The molecular weight excluding hydrogens is 222 g/mol. The van der Waals surface area contributed by atoms with Crippen LogP contribution in [0, 0.1) is 5.92 Å². The van der Waals surface area contributed by atoms with E-state index in [1.165, 1.54) is 11.1 Å². The van der Waals surface area contributed by atoms with Crippen molar-refractivity contribution in [1.29, 1.82) is 0 Å². The molecule has 0 radical (unpaired) electrons. The van der Waals surface area contributed by atoms with Gasteiger partial charge in [-0.05, 0) is 29.5 Å². The summed E-state index contributed by atoms with van der Waals surface area (Å²) in [7, 11) is 0. The lowest BCUT2D eigenvalue weighted by molar-refractivity contribution is 0.586. The number of hydrogen-bond acceptors (Lipinski definition) is 1. The molecule has 0 bridgehead atoms. The minimum Gasteiger partial charge on any atom is -0.118 e. The van der Waals surface area contributed by atoms with E-state index in [2.05, 4.69) is 28.3 Å². The average molecular weight is 236 g/mol. The molecule has 2 aliphatic rings. The molecule has 0 spiro atoms. The predicted molar refractivity (Wildman–Crippen MR) is 66.3 cm³/mol. The van der Waals surface area contributed by atoms with Crippen LogP contribution < -0.4 is 0 Å². The topological polar surface area (TPSA) is 48.8 Å². The Bertz CT molecular complexity index is 416. The Kier molecular flexibility index (Phi) is 3.37. The predicted octanol–water partition coefficient (Wildman–Crippen LogP) is 4.13. The molecule has 2 rings (SSSR count). The van der Waals surface area contributed by atoms with Crippen molar-refractivity contribution >= 4 is 11.6 Å². The second-order valence-electron chi connectivity index (χ2n) is 4.32. The minimum atomic E-state index is 0.0358. The first-order valence-corrected chi connectivity index (χ1v) is 5.92. The average Bonchev–Trinajstić information content (AvgIpc) is 2.61. The molecular formula is C12H14ClN3. The maximum absolute atomic E-state index is 8.37. The lowest BCUT2D eigenvalue weighted by Crippen LogP contribution is -2.09. The molecule has 3 unspecified atom stereocenters. The van der Waals surface area contributed by atoms with E-state index >= 15 is 0 Å². The van der Waals surface area contributed by atoms with Gasteiger partial charge in [0.1, 0.15) is 0 Å². The molecule has 16 heavy (non-hydrogen) atoms. The van der Waals surface area contributed by atoms with Crippen molar-refractivity contribution in [2.75, 3.05) is 0 Å². The standard InChI is InChI=1S/C12H14ClN3/c1-8(15-16-14)6-9-2-3-10-7-11(13)4-5-12(9)10/h2-5,8-9,11H,6-7H2,1H3. The summed E-state index contributed by atoms with van der Waals surface area (Å²) in [4.78, 5) is 2.84. The first kappa shape index (κ1) is 11.3. The van der Waals surface area contributed by atoms with Crippen LogP contribution in [0.1, 0.15) is 19.8 Å². The van der Waals surface area contributed by atoms with Crippen LogP contribution in [0.4, 0.5) is 0 Å². The fourth-order valence-electron chi connectivity index (χ4n) is 2.28. The van der Waals surface area contributed by atoms with E-state index in [9.17, 15) is 0 Å². The molecule has 0 fully saturated rings. The monoisotopic (exact) mass is 235 g/mol. The smallest absolute Gasteiger partial charge is 0.0559 e. The van der Waals surface area contributed by atoms with Crippen molar-refractivity contribution in [3.05, 3.63) is 45.9 Å². The Morgan fingerprint density at radius 1 is 1.56 bits per heavy atom. The fraction of sp³-hybridized carbons (Fsp3) is 0.500. The molecule has 84 valence electrons. The Morgan fingerprint density at radius 3 is 3.12 bits per heavy atom. The lowest BCUT2D eigenvalue weighted by Gasteiger charge is -2.18. The summed E-state index contributed by atoms with van der Waals surface area (Å²) in [5, 5.41) is 3.84. The van der Waals surface area contributed by atoms with Gasteiger partial charge >= 0.3 is 0 Å². The molecule has 2 aliphatic carbocycles. The summed E-state index contributed by atoms with van der Waals surface area (Å²) in [6.45, 7) is 1.95. The maximum Gasteiger partial charge on any atom is 0.0559 e. The van der Waals surface area contributed by atoms with E-state index in [-0.39, 0.29) is 11.4 Å². The van der Waals surface area contributed by atoms with E-state index in [0.717, 1.165) is 12.8 Å². The zero-order chi connectivity index (χ0) is 11.5. The third-order valence-corrected chi connectivity index (χ3v) is 3.34. The second-order valence-corrected chi connectivity index (χ2v) is 4.88. The van der Waals surface area contributed by atoms with Gasteiger partial charge in [-0.3, -0.25) is 0 Å². The summed E-state index contributed by atoms with van der Waals surface area (Å²) >= 11 is 6.06. The number of azide groups is 1.